The lowest BCUT2D eigenvalue weighted by atomic mass is 10.1. The van der Waals surface area contributed by atoms with Crippen molar-refractivity contribution in [3.63, 3.8) is 0 Å². The number of halogens is 1. The molecule has 0 aliphatic carbocycles. The van der Waals surface area contributed by atoms with E-state index in [9.17, 15) is 24.3 Å². The van der Waals surface area contributed by atoms with Crippen molar-refractivity contribution in [2.24, 2.45) is 0 Å². The predicted molar refractivity (Wildman–Crippen MR) is 158 cm³/mol. The van der Waals surface area contributed by atoms with Crippen molar-refractivity contribution in [3.8, 4) is 11.5 Å². The predicted octanol–water partition coefficient (Wildman–Crippen LogP) is 4.50. The van der Waals surface area contributed by atoms with Gasteiger partial charge in [-0.05, 0) is 101 Å². The normalized spacial score (nSPS) is 14.2. The molecule has 3 aromatic rings. The summed E-state index contributed by atoms with van der Waals surface area (Å²) in [4.78, 5) is 49.7. The molecule has 1 saturated heterocycles. The molecule has 4 rings (SSSR count). The van der Waals surface area contributed by atoms with Gasteiger partial charge in [0.25, 0.3) is 11.8 Å². The van der Waals surface area contributed by atoms with Crippen LogP contribution in [0.25, 0.3) is 6.08 Å². The van der Waals surface area contributed by atoms with Crippen molar-refractivity contribution in [2.75, 3.05) is 11.5 Å². The van der Waals surface area contributed by atoms with E-state index in [0.717, 1.165) is 10.5 Å². The fourth-order valence-electron chi connectivity index (χ4n) is 3.81. The minimum atomic E-state index is -1.17. The van der Waals surface area contributed by atoms with E-state index in [-0.39, 0.29) is 34.1 Å². The highest BCUT2D eigenvalue weighted by Crippen LogP contribution is 2.36. The van der Waals surface area contributed by atoms with E-state index in [1.165, 1.54) is 42.5 Å². The number of carboxylic acid groups (broad SMARTS) is 2. The number of carbonyl (C=O) groups excluding carboxylic acids is 2. The minimum Gasteiger partial charge on any atom is -0.490 e. The van der Waals surface area contributed by atoms with E-state index in [0.29, 0.717) is 27.2 Å². The quantitative estimate of drug-likeness (QED) is 0.130. The SMILES string of the molecule is CCOc1cc(C=C2C(=O)NC(=S)N(c3cccc(C(=O)O)c3)C2=O)cc(I)c1OCc1ccc(C(=O)O)cc1. The highest BCUT2D eigenvalue weighted by Gasteiger charge is 2.35. The zero-order valence-corrected chi connectivity index (χ0v) is 23.8. The Morgan fingerprint density at radius 3 is 2.35 bits per heavy atom. The number of benzene rings is 3. The molecule has 10 nitrogen and oxygen atoms in total. The van der Waals surface area contributed by atoms with Gasteiger partial charge in [0.05, 0.1) is 27.0 Å². The van der Waals surface area contributed by atoms with E-state index in [1.54, 1.807) is 31.2 Å². The van der Waals surface area contributed by atoms with Crippen LogP contribution in [0.5, 0.6) is 11.5 Å². The number of rotatable bonds is 9. The van der Waals surface area contributed by atoms with Gasteiger partial charge in [-0.1, -0.05) is 18.2 Å². The van der Waals surface area contributed by atoms with Gasteiger partial charge in [-0.25, -0.2) is 9.59 Å². The van der Waals surface area contributed by atoms with Crippen molar-refractivity contribution < 1.29 is 38.9 Å². The average molecular weight is 672 g/mol. The summed E-state index contributed by atoms with van der Waals surface area (Å²) in [6.07, 6.45) is 1.40. The summed E-state index contributed by atoms with van der Waals surface area (Å²) in [6, 6.07) is 15.3. The number of carbonyl (C=O) groups is 4. The largest absolute Gasteiger partial charge is 0.490 e. The smallest absolute Gasteiger partial charge is 0.335 e. The van der Waals surface area contributed by atoms with Gasteiger partial charge >= 0.3 is 11.9 Å². The van der Waals surface area contributed by atoms with Crippen LogP contribution in [0.2, 0.25) is 0 Å². The molecule has 0 spiro atoms. The standard InChI is InChI=1S/C28H21IN2O8S/c1-2-38-22-12-16(11-21(29)23(22)39-14-15-6-8-17(9-7-15)26(34)35)10-20-24(32)30-28(40)31(25(20)33)19-5-3-4-18(13-19)27(36)37/h3-13H,2,14H2,1H3,(H,34,35)(H,36,37)(H,30,32,40). The molecular formula is C28H21IN2O8S. The van der Waals surface area contributed by atoms with E-state index in [4.69, 9.17) is 26.8 Å². The fraction of sp³-hybridized carbons (Fsp3) is 0.107. The van der Waals surface area contributed by atoms with Crippen LogP contribution in [0.1, 0.15) is 38.8 Å². The highest BCUT2D eigenvalue weighted by molar-refractivity contribution is 14.1. The van der Waals surface area contributed by atoms with Crippen LogP contribution in [0.3, 0.4) is 0 Å². The van der Waals surface area contributed by atoms with Gasteiger partial charge in [-0.15, -0.1) is 0 Å². The molecule has 1 fully saturated rings. The zero-order valence-electron chi connectivity index (χ0n) is 20.8. The Balaban J connectivity index is 1.64. The van der Waals surface area contributed by atoms with Crippen molar-refractivity contribution in [1.82, 2.24) is 5.32 Å². The molecule has 1 heterocycles. The van der Waals surface area contributed by atoms with Gasteiger partial charge in [0.1, 0.15) is 12.2 Å². The second-order valence-corrected chi connectivity index (χ2v) is 9.92. The Labute approximate surface area is 247 Å². The topological polar surface area (TPSA) is 142 Å². The van der Waals surface area contributed by atoms with Crippen LogP contribution in [0.4, 0.5) is 5.69 Å². The van der Waals surface area contributed by atoms with Crippen LogP contribution in [-0.2, 0) is 16.2 Å². The van der Waals surface area contributed by atoms with E-state index in [1.807, 2.05) is 0 Å². The Bertz CT molecular complexity index is 1570. The third-order valence-electron chi connectivity index (χ3n) is 5.68. The van der Waals surface area contributed by atoms with E-state index < -0.39 is 23.8 Å². The first-order valence-electron chi connectivity index (χ1n) is 11.7. The van der Waals surface area contributed by atoms with Gasteiger partial charge in [-0.3, -0.25) is 19.8 Å². The number of hydrogen-bond acceptors (Lipinski definition) is 7. The van der Waals surface area contributed by atoms with Crippen LogP contribution in [-0.4, -0.2) is 45.7 Å². The number of nitrogens with one attached hydrogen (secondary N) is 1. The van der Waals surface area contributed by atoms with Crippen LogP contribution in [0, 0.1) is 3.57 Å². The lowest BCUT2D eigenvalue weighted by molar-refractivity contribution is -0.122. The third-order valence-corrected chi connectivity index (χ3v) is 6.77. The van der Waals surface area contributed by atoms with Gasteiger partial charge in [-0.2, -0.15) is 0 Å². The maximum absolute atomic E-state index is 13.4. The fourth-order valence-corrected chi connectivity index (χ4v) is 4.87. The van der Waals surface area contributed by atoms with Gasteiger partial charge in [0.2, 0.25) is 0 Å². The Morgan fingerprint density at radius 1 is 1.00 bits per heavy atom. The first-order chi connectivity index (χ1) is 19.1. The van der Waals surface area contributed by atoms with E-state index >= 15 is 0 Å². The lowest BCUT2D eigenvalue weighted by Crippen LogP contribution is -2.54. The second kappa shape index (κ2) is 12.3. The van der Waals surface area contributed by atoms with Gasteiger partial charge in [0, 0.05) is 0 Å². The number of carboxylic acids is 2. The third kappa shape index (κ3) is 6.29. The van der Waals surface area contributed by atoms with Crippen molar-refractivity contribution in [3.05, 3.63) is 92.1 Å². The lowest BCUT2D eigenvalue weighted by Gasteiger charge is -2.29. The summed E-state index contributed by atoms with van der Waals surface area (Å²) in [6.45, 7) is 2.27. The molecule has 1 aliphatic rings. The number of hydrogen-bond donors (Lipinski definition) is 3. The molecule has 3 aromatic carbocycles. The molecule has 0 radical (unpaired) electrons. The summed E-state index contributed by atoms with van der Waals surface area (Å²) in [5.41, 5.74) is 1.35. The zero-order chi connectivity index (χ0) is 29.0. The molecule has 12 heteroatoms. The first-order valence-corrected chi connectivity index (χ1v) is 13.2. The minimum absolute atomic E-state index is 0.0418. The molecule has 204 valence electrons. The molecule has 0 bridgehead atoms. The number of thiocarbonyl (C=S) groups is 1. The number of amides is 2. The number of ether oxygens (including phenoxy) is 2. The Morgan fingerprint density at radius 2 is 1.70 bits per heavy atom. The van der Waals surface area contributed by atoms with Gasteiger partial charge in [0.15, 0.2) is 16.6 Å². The number of anilines is 1. The number of nitrogens with zero attached hydrogens (tertiary/aromatic N) is 1. The molecule has 1 aliphatic heterocycles. The van der Waals surface area contributed by atoms with E-state index in [2.05, 4.69) is 27.9 Å². The van der Waals surface area contributed by atoms with Crippen molar-refractivity contribution >= 4 is 75.4 Å². The van der Waals surface area contributed by atoms with Crippen LogP contribution < -0.4 is 19.7 Å². The highest BCUT2D eigenvalue weighted by atomic mass is 127. The van der Waals surface area contributed by atoms with Gasteiger partial charge < -0.3 is 19.7 Å². The molecule has 0 aromatic heterocycles. The number of aromatic carboxylic acids is 2. The second-order valence-electron chi connectivity index (χ2n) is 8.37. The summed E-state index contributed by atoms with van der Waals surface area (Å²) in [7, 11) is 0. The molecule has 40 heavy (non-hydrogen) atoms. The maximum atomic E-state index is 13.4. The Kier molecular flexibility index (Phi) is 8.80. The summed E-state index contributed by atoms with van der Waals surface area (Å²) in [5.74, 6) is -2.77. The average Bonchev–Trinajstić information content (AvgIpc) is 2.91. The van der Waals surface area contributed by atoms with Crippen molar-refractivity contribution in [2.45, 2.75) is 13.5 Å². The molecular weight excluding hydrogens is 651 g/mol. The summed E-state index contributed by atoms with van der Waals surface area (Å²) < 4.78 is 12.4. The van der Waals surface area contributed by atoms with Crippen molar-refractivity contribution in [1.29, 1.82) is 0 Å². The molecule has 3 N–H and O–H groups in total. The monoisotopic (exact) mass is 672 g/mol. The Hall–Kier alpha value is -4.30. The summed E-state index contributed by atoms with van der Waals surface area (Å²) in [5, 5.41) is 20.7. The molecule has 0 saturated carbocycles. The molecule has 0 atom stereocenters. The van der Waals surface area contributed by atoms with Crippen LogP contribution >= 0.6 is 34.8 Å². The summed E-state index contributed by atoms with van der Waals surface area (Å²) >= 11 is 7.26. The van der Waals surface area contributed by atoms with Crippen LogP contribution in [0.15, 0.2) is 66.2 Å². The molecule has 0 unspecified atom stereocenters. The maximum Gasteiger partial charge on any atom is 0.335 e. The molecule has 2 amide bonds. The first kappa shape index (κ1) is 28.7.